The number of carboxylic acid groups (broad SMARTS) is 1. The largest absolute Gasteiger partial charge is 0.480 e. The summed E-state index contributed by atoms with van der Waals surface area (Å²) in [6.07, 6.45) is 1.68. The minimum Gasteiger partial charge on any atom is -0.480 e. The number of carboxylic acids is 1. The van der Waals surface area contributed by atoms with E-state index in [1.807, 2.05) is 18.2 Å². The van der Waals surface area contributed by atoms with Gasteiger partial charge in [0.25, 0.3) is 5.91 Å². The van der Waals surface area contributed by atoms with Crippen LogP contribution < -0.4 is 16.0 Å². The van der Waals surface area contributed by atoms with E-state index < -0.39 is 23.9 Å². The summed E-state index contributed by atoms with van der Waals surface area (Å²) in [6, 6.07) is 22.6. The van der Waals surface area contributed by atoms with Crippen LogP contribution in [0.1, 0.15) is 16.1 Å². The summed E-state index contributed by atoms with van der Waals surface area (Å²) in [5, 5.41) is 18.0. The number of pyridine rings is 1. The predicted octanol–water partition coefficient (Wildman–Crippen LogP) is 6.13. The van der Waals surface area contributed by atoms with Crippen molar-refractivity contribution < 1.29 is 19.5 Å². The van der Waals surface area contributed by atoms with Crippen LogP contribution in [-0.2, 0) is 11.2 Å². The van der Waals surface area contributed by atoms with Gasteiger partial charge in [0, 0.05) is 23.9 Å². The van der Waals surface area contributed by atoms with Crippen molar-refractivity contribution in [2.45, 2.75) is 12.5 Å². The molecule has 1 heterocycles. The Morgan fingerprint density at radius 1 is 0.789 bits per heavy atom. The number of urea groups is 1. The third-order valence-corrected chi connectivity index (χ3v) is 6.19. The highest BCUT2D eigenvalue weighted by atomic mass is 35.5. The van der Waals surface area contributed by atoms with Gasteiger partial charge < -0.3 is 21.1 Å². The molecule has 0 unspecified atom stereocenters. The van der Waals surface area contributed by atoms with E-state index in [0.717, 1.165) is 16.7 Å². The lowest BCUT2D eigenvalue weighted by atomic mass is 10.1. The monoisotopic (exact) mass is 548 g/mol. The van der Waals surface area contributed by atoms with Gasteiger partial charge in [-0.3, -0.25) is 9.78 Å². The number of aliphatic carboxylic acids is 1. The van der Waals surface area contributed by atoms with Crippen LogP contribution >= 0.6 is 23.2 Å². The quantitative estimate of drug-likeness (QED) is 0.211. The number of rotatable bonds is 8. The Morgan fingerprint density at radius 3 is 2.05 bits per heavy atom. The van der Waals surface area contributed by atoms with Crippen molar-refractivity contribution in [3.05, 3.63) is 112 Å². The van der Waals surface area contributed by atoms with Crippen LogP contribution in [-0.4, -0.2) is 34.0 Å². The molecule has 0 spiro atoms. The molecule has 0 aliphatic heterocycles. The number of hydrogen-bond donors (Lipinski definition) is 4. The van der Waals surface area contributed by atoms with Crippen LogP contribution in [0.4, 0.5) is 16.2 Å². The fraction of sp³-hybridized carbons (Fsp3) is 0.0714. The Bertz CT molecular complexity index is 1430. The number of hydrogen-bond acceptors (Lipinski definition) is 4. The van der Waals surface area contributed by atoms with E-state index >= 15 is 0 Å². The number of anilines is 2. The van der Waals surface area contributed by atoms with E-state index in [-0.39, 0.29) is 12.1 Å². The Kier molecular flexibility index (Phi) is 8.58. The lowest BCUT2D eigenvalue weighted by Crippen LogP contribution is -2.42. The highest BCUT2D eigenvalue weighted by molar-refractivity contribution is 6.39. The number of aromatic nitrogens is 1. The van der Waals surface area contributed by atoms with Gasteiger partial charge in [0.2, 0.25) is 0 Å². The molecular formula is C28H22Cl2N4O4. The molecule has 0 bridgehead atoms. The number of para-hydroxylation sites is 1. The first kappa shape index (κ1) is 26.7. The molecule has 4 N–H and O–H groups in total. The Morgan fingerprint density at radius 2 is 1.45 bits per heavy atom. The first-order valence-electron chi connectivity index (χ1n) is 11.5. The molecule has 8 nitrogen and oxygen atoms in total. The molecule has 1 aromatic heterocycles. The average molecular weight is 549 g/mol. The molecule has 4 rings (SSSR count). The smallest absolute Gasteiger partial charge is 0.326 e. The number of benzene rings is 3. The van der Waals surface area contributed by atoms with Crippen LogP contribution in [0, 0.1) is 0 Å². The van der Waals surface area contributed by atoms with Gasteiger partial charge in [0.15, 0.2) is 0 Å². The molecule has 10 heteroatoms. The zero-order chi connectivity index (χ0) is 27.1. The van der Waals surface area contributed by atoms with Crippen LogP contribution in [0.5, 0.6) is 0 Å². The van der Waals surface area contributed by atoms with E-state index in [1.54, 1.807) is 60.7 Å². The number of nitrogens with zero attached hydrogens (tertiary/aromatic N) is 1. The summed E-state index contributed by atoms with van der Waals surface area (Å²) in [5.41, 5.74) is 3.29. The normalized spacial score (nSPS) is 11.3. The summed E-state index contributed by atoms with van der Waals surface area (Å²) in [7, 11) is 0. The molecule has 3 aromatic carbocycles. The van der Waals surface area contributed by atoms with Gasteiger partial charge in [-0.2, -0.15) is 0 Å². The zero-order valence-electron chi connectivity index (χ0n) is 19.8. The van der Waals surface area contributed by atoms with Crippen molar-refractivity contribution in [3.8, 4) is 11.1 Å². The van der Waals surface area contributed by atoms with Gasteiger partial charge in [-0.05, 0) is 41.5 Å². The predicted molar refractivity (Wildman–Crippen MR) is 148 cm³/mol. The molecule has 1 atom stereocenters. The zero-order valence-corrected chi connectivity index (χ0v) is 21.3. The van der Waals surface area contributed by atoms with Crippen LogP contribution in [0.2, 0.25) is 10.0 Å². The maximum atomic E-state index is 12.6. The van der Waals surface area contributed by atoms with Gasteiger partial charge >= 0.3 is 12.0 Å². The number of carbonyl (C=O) groups is 3. The topological polar surface area (TPSA) is 120 Å². The van der Waals surface area contributed by atoms with Crippen molar-refractivity contribution in [2.24, 2.45) is 0 Å². The van der Waals surface area contributed by atoms with E-state index in [1.165, 1.54) is 12.3 Å². The molecule has 4 aromatic rings. The molecule has 0 aliphatic carbocycles. The minimum absolute atomic E-state index is 0.0984. The second-order valence-corrected chi connectivity index (χ2v) is 9.05. The van der Waals surface area contributed by atoms with E-state index in [2.05, 4.69) is 20.9 Å². The van der Waals surface area contributed by atoms with Crippen LogP contribution in [0.25, 0.3) is 11.1 Å². The van der Waals surface area contributed by atoms with Crippen LogP contribution in [0.15, 0.2) is 91.1 Å². The fourth-order valence-electron chi connectivity index (χ4n) is 3.62. The summed E-state index contributed by atoms with van der Waals surface area (Å²) in [4.78, 5) is 40.8. The van der Waals surface area contributed by atoms with E-state index in [9.17, 15) is 19.5 Å². The van der Waals surface area contributed by atoms with Gasteiger partial charge in [-0.25, -0.2) is 9.59 Å². The third-order valence-electron chi connectivity index (χ3n) is 5.56. The lowest BCUT2D eigenvalue weighted by molar-refractivity contribution is -0.139. The number of nitrogens with one attached hydrogen (secondary N) is 3. The second kappa shape index (κ2) is 12.2. The highest BCUT2D eigenvalue weighted by Crippen LogP contribution is 2.30. The highest BCUT2D eigenvalue weighted by Gasteiger charge is 2.21. The Labute approximate surface area is 228 Å². The Hall–Kier alpha value is -4.40. The summed E-state index contributed by atoms with van der Waals surface area (Å²) in [6.45, 7) is 0. The molecular weight excluding hydrogens is 527 g/mol. The van der Waals surface area contributed by atoms with Gasteiger partial charge in [0.05, 0.1) is 15.7 Å². The number of carbonyl (C=O) groups excluding carboxylic acids is 2. The second-order valence-electron chi connectivity index (χ2n) is 8.24. The summed E-state index contributed by atoms with van der Waals surface area (Å²) < 4.78 is 0. The van der Waals surface area contributed by atoms with Crippen molar-refractivity contribution in [1.82, 2.24) is 10.3 Å². The molecule has 38 heavy (non-hydrogen) atoms. The first-order valence-corrected chi connectivity index (χ1v) is 12.2. The minimum atomic E-state index is -1.13. The van der Waals surface area contributed by atoms with E-state index in [4.69, 9.17) is 23.2 Å². The molecule has 0 fully saturated rings. The summed E-state index contributed by atoms with van der Waals surface area (Å²) in [5.74, 6) is -1.71. The maximum Gasteiger partial charge on any atom is 0.326 e. The molecule has 192 valence electrons. The molecule has 0 saturated carbocycles. The van der Waals surface area contributed by atoms with Crippen molar-refractivity contribution in [2.75, 3.05) is 10.6 Å². The Balaban J connectivity index is 1.37. The van der Waals surface area contributed by atoms with E-state index in [0.29, 0.717) is 21.4 Å². The lowest BCUT2D eigenvalue weighted by Gasteiger charge is -2.14. The third kappa shape index (κ3) is 6.88. The number of halogens is 2. The molecule has 0 saturated heterocycles. The fourth-order valence-corrected chi connectivity index (χ4v) is 4.11. The van der Waals surface area contributed by atoms with Crippen molar-refractivity contribution >= 4 is 52.5 Å². The number of amides is 3. The summed E-state index contributed by atoms with van der Waals surface area (Å²) >= 11 is 12.2. The van der Waals surface area contributed by atoms with Gasteiger partial charge in [0.1, 0.15) is 11.7 Å². The van der Waals surface area contributed by atoms with Crippen LogP contribution in [0.3, 0.4) is 0 Å². The molecule has 0 aliphatic rings. The average Bonchev–Trinajstić information content (AvgIpc) is 2.91. The molecule has 0 radical (unpaired) electrons. The SMILES string of the molecule is O=C(Nc1ccc(-c2ccc(C(=O)N[C@H](Cc3ccccc3)C(=O)O)nc2)cc1)Nc1c(Cl)cccc1Cl. The maximum absolute atomic E-state index is 12.6. The molecule has 3 amide bonds. The van der Waals surface area contributed by atoms with Crippen molar-refractivity contribution in [3.63, 3.8) is 0 Å². The standard InChI is InChI=1S/C28H22Cl2N4O4/c29-21-7-4-8-22(30)25(21)34-28(38)32-20-12-9-18(10-13-20)19-11-14-23(31-16-19)26(35)33-24(27(36)37)15-17-5-2-1-3-6-17/h1-14,16,24H,15H2,(H,33,35)(H,36,37)(H2,32,34,38)/t24-/m1/s1. The van der Waals surface area contributed by atoms with Gasteiger partial charge in [-0.1, -0.05) is 77.8 Å². The first-order chi connectivity index (χ1) is 18.3. The van der Waals surface area contributed by atoms with Crippen molar-refractivity contribution in [1.29, 1.82) is 0 Å². The van der Waals surface area contributed by atoms with Gasteiger partial charge in [-0.15, -0.1) is 0 Å².